The first-order valence-electron chi connectivity index (χ1n) is 9.35. The zero-order chi connectivity index (χ0) is 25.1. The van der Waals surface area contributed by atoms with Crippen molar-refractivity contribution >= 4 is 5.91 Å². The molecule has 3 rings (SSSR count). The quantitative estimate of drug-likeness (QED) is 0.499. The van der Waals surface area contributed by atoms with Gasteiger partial charge in [-0.05, 0) is 42.5 Å². The highest BCUT2D eigenvalue weighted by Crippen LogP contribution is 2.28. The second-order valence-corrected chi connectivity index (χ2v) is 6.79. The highest BCUT2D eigenvalue weighted by atomic mass is 19.4. The largest absolute Gasteiger partial charge is 0.573 e. The van der Waals surface area contributed by atoms with Gasteiger partial charge in [0.25, 0.3) is 5.91 Å². The zero-order valence-electron chi connectivity index (χ0n) is 16.8. The topological polar surface area (TPSA) is 84.3 Å². The van der Waals surface area contributed by atoms with Crippen molar-refractivity contribution in [2.24, 2.45) is 0 Å². The molecule has 1 amide bonds. The first-order chi connectivity index (χ1) is 15.9. The number of rotatable bonds is 6. The standard InChI is InChI=1S/C21H14F7N3O3/c22-13-3-1-2-12(8-13)18-29-15(11-4-6-14(7-5-11)34-21(26,27)28)9-16(30-18)19(33)31-17(10-32)20(23,24)25/h1-9,17,32H,10H2,(H,31,33). The second-order valence-electron chi connectivity index (χ2n) is 6.79. The average molecular weight is 489 g/mol. The predicted octanol–water partition coefficient (Wildman–Crippen LogP) is 4.50. The Balaban J connectivity index is 2.04. The van der Waals surface area contributed by atoms with Gasteiger partial charge < -0.3 is 15.2 Å². The summed E-state index contributed by atoms with van der Waals surface area (Å²) in [7, 11) is 0. The molecule has 0 fully saturated rings. The van der Waals surface area contributed by atoms with E-state index in [0.717, 1.165) is 30.3 Å². The van der Waals surface area contributed by atoms with E-state index in [2.05, 4.69) is 14.7 Å². The normalized spacial score (nSPS) is 12.8. The number of nitrogens with zero attached hydrogens (tertiary/aromatic N) is 2. The Kier molecular flexibility index (Phi) is 7.05. The number of carbonyl (C=O) groups excluding carboxylic acids is 1. The van der Waals surface area contributed by atoms with E-state index >= 15 is 0 Å². The summed E-state index contributed by atoms with van der Waals surface area (Å²) in [5, 5.41) is 10.6. The van der Waals surface area contributed by atoms with Gasteiger partial charge in [-0.2, -0.15) is 13.2 Å². The average Bonchev–Trinajstić information content (AvgIpc) is 2.75. The summed E-state index contributed by atoms with van der Waals surface area (Å²) in [6.45, 7) is -1.43. The van der Waals surface area contributed by atoms with Crippen molar-refractivity contribution in [1.29, 1.82) is 0 Å². The van der Waals surface area contributed by atoms with Gasteiger partial charge in [0.05, 0.1) is 12.3 Å². The van der Waals surface area contributed by atoms with Crippen molar-refractivity contribution in [3.05, 3.63) is 66.1 Å². The van der Waals surface area contributed by atoms with Gasteiger partial charge in [0, 0.05) is 11.1 Å². The van der Waals surface area contributed by atoms with Gasteiger partial charge in [-0.3, -0.25) is 4.79 Å². The minimum Gasteiger partial charge on any atom is -0.406 e. The molecular weight excluding hydrogens is 475 g/mol. The third-order valence-corrected chi connectivity index (χ3v) is 4.31. The van der Waals surface area contributed by atoms with Gasteiger partial charge in [0.15, 0.2) is 5.82 Å². The number of alkyl halides is 6. The molecule has 0 aliphatic heterocycles. The highest BCUT2D eigenvalue weighted by Gasteiger charge is 2.40. The smallest absolute Gasteiger partial charge is 0.406 e. The zero-order valence-corrected chi connectivity index (χ0v) is 16.8. The molecule has 0 bridgehead atoms. The minimum atomic E-state index is -4.94. The van der Waals surface area contributed by atoms with Crippen LogP contribution in [0.3, 0.4) is 0 Å². The van der Waals surface area contributed by atoms with Crippen LogP contribution in [0.5, 0.6) is 5.75 Å². The molecule has 34 heavy (non-hydrogen) atoms. The molecule has 3 aromatic rings. The Bertz CT molecular complexity index is 1170. The lowest BCUT2D eigenvalue weighted by Gasteiger charge is -2.19. The number of aliphatic hydroxyl groups is 1. The van der Waals surface area contributed by atoms with E-state index in [4.69, 9.17) is 5.11 Å². The van der Waals surface area contributed by atoms with Gasteiger partial charge >= 0.3 is 12.5 Å². The number of benzene rings is 2. The molecule has 1 aromatic heterocycles. The fourth-order valence-corrected chi connectivity index (χ4v) is 2.76. The Morgan fingerprint density at radius 3 is 2.21 bits per heavy atom. The van der Waals surface area contributed by atoms with Crippen LogP contribution in [0.1, 0.15) is 10.5 Å². The monoisotopic (exact) mass is 489 g/mol. The molecule has 180 valence electrons. The molecule has 6 nitrogen and oxygen atoms in total. The fourth-order valence-electron chi connectivity index (χ4n) is 2.76. The minimum absolute atomic E-state index is 0.0504. The molecule has 1 unspecified atom stereocenters. The van der Waals surface area contributed by atoms with Crippen LogP contribution in [0.15, 0.2) is 54.6 Å². The number of aliphatic hydroxyl groups excluding tert-OH is 1. The summed E-state index contributed by atoms with van der Waals surface area (Å²) in [5.74, 6) is -2.76. The molecule has 2 N–H and O–H groups in total. The van der Waals surface area contributed by atoms with Crippen LogP contribution < -0.4 is 10.1 Å². The summed E-state index contributed by atoms with van der Waals surface area (Å²) in [5.41, 5.74) is -0.353. The first-order valence-corrected chi connectivity index (χ1v) is 9.35. The van der Waals surface area contributed by atoms with E-state index in [1.807, 2.05) is 0 Å². The van der Waals surface area contributed by atoms with Gasteiger partial charge in [0.1, 0.15) is 23.3 Å². The van der Waals surface area contributed by atoms with Crippen LogP contribution in [0, 0.1) is 5.82 Å². The van der Waals surface area contributed by atoms with E-state index in [1.165, 1.54) is 24.3 Å². The highest BCUT2D eigenvalue weighted by molar-refractivity contribution is 5.94. The van der Waals surface area contributed by atoms with E-state index < -0.39 is 48.4 Å². The van der Waals surface area contributed by atoms with Gasteiger partial charge in [0.2, 0.25) is 0 Å². The Hall–Kier alpha value is -3.74. The van der Waals surface area contributed by atoms with E-state index in [9.17, 15) is 35.5 Å². The van der Waals surface area contributed by atoms with Crippen LogP contribution in [-0.2, 0) is 0 Å². The fraction of sp³-hybridized carbons (Fsp3) is 0.190. The molecule has 13 heteroatoms. The third-order valence-electron chi connectivity index (χ3n) is 4.31. The number of hydrogen-bond acceptors (Lipinski definition) is 5. The second kappa shape index (κ2) is 9.63. The lowest BCUT2D eigenvalue weighted by molar-refractivity contribution is -0.274. The SMILES string of the molecule is O=C(NC(CO)C(F)(F)F)c1cc(-c2ccc(OC(F)(F)F)cc2)nc(-c2cccc(F)c2)n1. The number of nitrogens with one attached hydrogen (secondary N) is 1. The third kappa shape index (κ3) is 6.41. The first kappa shape index (κ1) is 24.9. The molecule has 0 radical (unpaired) electrons. The van der Waals surface area contributed by atoms with Crippen molar-refractivity contribution in [2.75, 3.05) is 6.61 Å². The van der Waals surface area contributed by atoms with Crippen LogP contribution in [0.25, 0.3) is 22.6 Å². The van der Waals surface area contributed by atoms with E-state index in [-0.39, 0.29) is 22.6 Å². The number of carbonyl (C=O) groups is 1. The molecule has 0 spiro atoms. The van der Waals surface area contributed by atoms with E-state index in [1.54, 1.807) is 5.32 Å². The Labute approximate surface area is 187 Å². The summed E-state index contributed by atoms with van der Waals surface area (Å²) >= 11 is 0. The number of amides is 1. The summed E-state index contributed by atoms with van der Waals surface area (Å²) in [6, 6.07) is 7.56. The molecule has 0 saturated carbocycles. The van der Waals surface area contributed by atoms with Crippen molar-refractivity contribution in [2.45, 2.75) is 18.6 Å². The number of hydrogen-bond donors (Lipinski definition) is 2. The van der Waals surface area contributed by atoms with Crippen LogP contribution >= 0.6 is 0 Å². The number of ether oxygens (including phenoxy) is 1. The molecular formula is C21H14F7N3O3. The van der Waals surface area contributed by atoms with Gasteiger partial charge in [-0.1, -0.05) is 12.1 Å². The molecule has 0 aliphatic rings. The van der Waals surface area contributed by atoms with Crippen molar-refractivity contribution < 1.29 is 45.4 Å². The lowest BCUT2D eigenvalue weighted by Crippen LogP contribution is -2.48. The molecule has 0 aliphatic carbocycles. The van der Waals surface area contributed by atoms with Gasteiger partial charge in [-0.25, -0.2) is 14.4 Å². The predicted molar refractivity (Wildman–Crippen MR) is 104 cm³/mol. The number of halogens is 7. The molecule has 2 aromatic carbocycles. The van der Waals surface area contributed by atoms with Crippen molar-refractivity contribution in [3.8, 4) is 28.4 Å². The van der Waals surface area contributed by atoms with Crippen molar-refractivity contribution in [3.63, 3.8) is 0 Å². The van der Waals surface area contributed by atoms with Crippen molar-refractivity contribution in [1.82, 2.24) is 15.3 Å². The maximum atomic E-state index is 13.7. The maximum Gasteiger partial charge on any atom is 0.573 e. The van der Waals surface area contributed by atoms with Gasteiger partial charge in [-0.15, -0.1) is 13.2 Å². The summed E-state index contributed by atoms with van der Waals surface area (Å²) in [4.78, 5) is 20.5. The van der Waals surface area contributed by atoms with Crippen LogP contribution in [0.2, 0.25) is 0 Å². The van der Waals surface area contributed by atoms with E-state index in [0.29, 0.717) is 0 Å². The number of aromatic nitrogens is 2. The molecule has 0 saturated heterocycles. The lowest BCUT2D eigenvalue weighted by atomic mass is 10.1. The summed E-state index contributed by atoms with van der Waals surface area (Å²) < 4.78 is 93.4. The van der Waals surface area contributed by atoms with Crippen LogP contribution in [-0.4, -0.2) is 46.2 Å². The summed E-state index contributed by atoms with van der Waals surface area (Å²) in [6.07, 6.45) is -9.87. The Morgan fingerprint density at radius 1 is 0.971 bits per heavy atom. The Morgan fingerprint density at radius 2 is 1.65 bits per heavy atom. The molecule has 1 heterocycles. The van der Waals surface area contributed by atoms with Crippen LogP contribution in [0.4, 0.5) is 30.7 Å². The molecule has 1 atom stereocenters. The maximum absolute atomic E-state index is 13.7.